The summed E-state index contributed by atoms with van der Waals surface area (Å²) in [4.78, 5) is 13.9. The maximum absolute atomic E-state index is 12.3. The van der Waals surface area contributed by atoms with Gasteiger partial charge in [-0.15, -0.1) is 0 Å². The standard InChI is InChI=1S/C14H24N4O4S/c1-10-13(11(2)22-16-10)9-17(3)14(19)15-12-6-5-7-18(8-12)23(4,20)21/h12H,5-9H2,1-4H3,(H,15,19)/t12-/m0/s1. The van der Waals surface area contributed by atoms with Crippen LogP contribution in [-0.2, 0) is 16.6 Å². The van der Waals surface area contributed by atoms with Crippen LogP contribution in [-0.4, -0.2) is 61.2 Å². The molecule has 0 aliphatic carbocycles. The summed E-state index contributed by atoms with van der Waals surface area (Å²) in [5, 5.41) is 6.78. The van der Waals surface area contributed by atoms with Crippen LogP contribution in [0.2, 0.25) is 0 Å². The molecule has 0 unspecified atom stereocenters. The van der Waals surface area contributed by atoms with Gasteiger partial charge >= 0.3 is 6.03 Å². The Hall–Kier alpha value is -1.61. The molecule has 1 aliphatic heterocycles. The maximum atomic E-state index is 12.3. The summed E-state index contributed by atoms with van der Waals surface area (Å²) in [5.41, 5.74) is 1.66. The Kier molecular flexibility index (Phi) is 5.30. The van der Waals surface area contributed by atoms with Crippen LogP contribution in [0.25, 0.3) is 0 Å². The first-order valence-corrected chi connectivity index (χ1v) is 9.42. The Morgan fingerprint density at radius 1 is 1.48 bits per heavy atom. The summed E-state index contributed by atoms with van der Waals surface area (Å²) >= 11 is 0. The van der Waals surface area contributed by atoms with E-state index in [9.17, 15) is 13.2 Å². The molecule has 1 N–H and O–H groups in total. The molecular weight excluding hydrogens is 320 g/mol. The fourth-order valence-electron chi connectivity index (χ4n) is 2.68. The number of nitrogens with one attached hydrogen (secondary N) is 1. The van der Waals surface area contributed by atoms with Crippen molar-refractivity contribution in [1.82, 2.24) is 19.7 Å². The van der Waals surface area contributed by atoms with E-state index >= 15 is 0 Å². The molecule has 23 heavy (non-hydrogen) atoms. The molecule has 0 saturated carbocycles. The molecule has 0 bridgehead atoms. The summed E-state index contributed by atoms with van der Waals surface area (Å²) in [6.07, 6.45) is 2.71. The molecular formula is C14H24N4O4S. The summed E-state index contributed by atoms with van der Waals surface area (Å²) in [7, 11) is -1.53. The van der Waals surface area contributed by atoms with Crippen LogP contribution in [0.3, 0.4) is 0 Å². The van der Waals surface area contributed by atoms with Crippen molar-refractivity contribution < 1.29 is 17.7 Å². The van der Waals surface area contributed by atoms with Crippen molar-refractivity contribution >= 4 is 16.1 Å². The lowest BCUT2D eigenvalue weighted by Gasteiger charge is -2.32. The van der Waals surface area contributed by atoms with Crippen molar-refractivity contribution in [3.8, 4) is 0 Å². The van der Waals surface area contributed by atoms with Gasteiger partial charge in [-0.2, -0.15) is 0 Å². The molecule has 8 nitrogen and oxygen atoms in total. The molecule has 0 aromatic carbocycles. The lowest BCUT2D eigenvalue weighted by Crippen LogP contribution is -2.51. The lowest BCUT2D eigenvalue weighted by molar-refractivity contribution is 0.194. The van der Waals surface area contributed by atoms with Crippen molar-refractivity contribution in [2.45, 2.75) is 39.3 Å². The number of aryl methyl sites for hydroxylation is 2. The van der Waals surface area contributed by atoms with Gasteiger partial charge in [0, 0.05) is 31.7 Å². The zero-order valence-electron chi connectivity index (χ0n) is 14.0. The first-order chi connectivity index (χ1) is 10.7. The van der Waals surface area contributed by atoms with E-state index in [-0.39, 0.29) is 12.1 Å². The minimum atomic E-state index is -3.22. The normalized spacial score (nSPS) is 19.6. The average Bonchev–Trinajstić information content (AvgIpc) is 2.78. The Morgan fingerprint density at radius 3 is 2.74 bits per heavy atom. The highest BCUT2D eigenvalue weighted by molar-refractivity contribution is 7.88. The van der Waals surface area contributed by atoms with Gasteiger partial charge in [-0.1, -0.05) is 5.16 Å². The fraction of sp³-hybridized carbons (Fsp3) is 0.714. The molecule has 0 spiro atoms. The van der Waals surface area contributed by atoms with Gasteiger partial charge in [-0.05, 0) is 26.7 Å². The van der Waals surface area contributed by atoms with Crippen LogP contribution in [0.1, 0.15) is 29.9 Å². The van der Waals surface area contributed by atoms with Crippen LogP contribution in [0.4, 0.5) is 4.79 Å². The van der Waals surface area contributed by atoms with Gasteiger partial charge in [0.1, 0.15) is 5.76 Å². The number of rotatable bonds is 4. The van der Waals surface area contributed by atoms with Crippen LogP contribution < -0.4 is 5.32 Å². The number of amides is 2. The smallest absolute Gasteiger partial charge is 0.317 e. The van der Waals surface area contributed by atoms with Gasteiger partial charge in [-0.25, -0.2) is 17.5 Å². The number of aromatic nitrogens is 1. The Balaban J connectivity index is 1.93. The number of hydrogen-bond acceptors (Lipinski definition) is 5. The Bertz CT molecular complexity index is 651. The fourth-order valence-corrected chi connectivity index (χ4v) is 3.59. The molecule has 1 aliphatic rings. The van der Waals surface area contributed by atoms with Crippen LogP contribution in [0.15, 0.2) is 4.52 Å². The lowest BCUT2D eigenvalue weighted by atomic mass is 10.1. The van der Waals surface area contributed by atoms with E-state index < -0.39 is 10.0 Å². The van der Waals surface area contributed by atoms with Crippen LogP contribution in [0, 0.1) is 13.8 Å². The number of piperidine rings is 1. The topological polar surface area (TPSA) is 95.8 Å². The van der Waals surface area contributed by atoms with E-state index in [1.54, 1.807) is 11.9 Å². The Labute approximate surface area is 136 Å². The SMILES string of the molecule is Cc1noc(C)c1CN(C)C(=O)N[C@H]1CCCN(S(C)(=O)=O)C1. The largest absolute Gasteiger partial charge is 0.361 e. The second kappa shape index (κ2) is 6.88. The van der Waals surface area contributed by atoms with Gasteiger partial charge in [0.05, 0.1) is 18.5 Å². The molecule has 130 valence electrons. The first-order valence-electron chi connectivity index (χ1n) is 7.57. The summed E-state index contributed by atoms with van der Waals surface area (Å²) in [6.45, 7) is 4.88. The maximum Gasteiger partial charge on any atom is 0.317 e. The molecule has 0 radical (unpaired) electrons. The van der Waals surface area contributed by atoms with Gasteiger partial charge < -0.3 is 14.7 Å². The molecule has 2 heterocycles. The van der Waals surface area contributed by atoms with Gasteiger partial charge in [0.15, 0.2) is 0 Å². The summed E-state index contributed by atoms with van der Waals surface area (Å²) < 4.78 is 29.8. The van der Waals surface area contributed by atoms with E-state index in [0.717, 1.165) is 24.1 Å². The number of carbonyl (C=O) groups excluding carboxylic acids is 1. The van der Waals surface area contributed by atoms with E-state index in [2.05, 4.69) is 10.5 Å². The second-order valence-corrected chi connectivity index (χ2v) is 8.05. The number of carbonyl (C=O) groups is 1. The predicted octanol–water partition coefficient (Wildman–Crippen LogP) is 0.857. The zero-order chi connectivity index (χ0) is 17.2. The second-order valence-electron chi connectivity index (χ2n) is 6.07. The zero-order valence-corrected chi connectivity index (χ0v) is 14.8. The first kappa shape index (κ1) is 17.7. The van der Waals surface area contributed by atoms with Gasteiger partial charge in [-0.3, -0.25) is 0 Å². The predicted molar refractivity (Wildman–Crippen MR) is 85.4 cm³/mol. The van der Waals surface area contributed by atoms with Crippen molar-refractivity contribution in [3.63, 3.8) is 0 Å². The minimum Gasteiger partial charge on any atom is -0.361 e. The molecule has 1 fully saturated rings. The quantitative estimate of drug-likeness (QED) is 0.874. The third-order valence-corrected chi connectivity index (χ3v) is 5.37. The number of nitrogens with zero attached hydrogens (tertiary/aromatic N) is 3. The number of urea groups is 1. The van der Waals surface area contributed by atoms with E-state index in [1.165, 1.54) is 10.6 Å². The molecule has 2 rings (SSSR count). The van der Waals surface area contributed by atoms with E-state index in [1.807, 2.05) is 13.8 Å². The summed E-state index contributed by atoms with van der Waals surface area (Å²) in [5.74, 6) is 0.697. The highest BCUT2D eigenvalue weighted by Crippen LogP contribution is 2.16. The summed E-state index contributed by atoms with van der Waals surface area (Å²) in [6, 6.07) is -0.400. The van der Waals surface area contributed by atoms with Crippen LogP contribution >= 0.6 is 0 Å². The molecule has 2 amide bonds. The highest BCUT2D eigenvalue weighted by atomic mass is 32.2. The molecule has 1 aromatic rings. The van der Waals surface area contributed by atoms with Crippen molar-refractivity contribution in [2.24, 2.45) is 0 Å². The molecule has 1 saturated heterocycles. The number of sulfonamides is 1. The van der Waals surface area contributed by atoms with Crippen molar-refractivity contribution in [2.75, 3.05) is 26.4 Å². The monoisotopic (exact) mass is 344 g/mol. The third kappa shape index (κ3) is 4.44. The number of hydrogen-bond donors (Lipinski definition) is 1. The molecule has 9 heteroatoms. The van der Waals surface area contributed by atoms with Crippen molar-refractivity contribution in [3.05, 3.63) is 17.0 Å². The van der Waals surface area contributed by atoms with Gasteiger partial charge in [0.2, 0.25) is 10.0 Å². The molecule has 1 aromatic heterocycles. The molecule has 1 atom stereocenters. The Morgan fingerprint density at radius 2 is 2.17 bits per heavy atom. The third-order valence-electron chi connectivity index (χ3n) is 4.10. The van der Waals surface area contributed by atoms with E-state index in [4.69, 9.17) is 4.52 Å². The minimum absolute atomic E-state index is 0.168. The van der Waals surface area contributed by atoms with Crippen LogP contribution in [0.5, 0.6) is 0 Å². The van der Waals surface area contributed by atoms with Crippen molar-refractivity contribution in [1.29, 1.82) is 0 Å². The van der Waals surface area contributed by atoms with E-state index in [0.29, 0.717) is 25.4 Å². The average molecular weight is 344 g/mol. The highest BCUT2D eigenvalue weighted by Gasteiger charge is 2.27. The van der Waals surface area contributed by atoms with Gasteiger partial charge in [0.25, 0.3) is 0 Å².